The molecule has 0 heterocycles. The molecule has 0 amide bonds. The molecule has 0 radical (unpaired) electrons. The molecule has 3 aromatic rings. The van der Waals surface area contributed by atoms with Crippen LogP contribution in [0.1, 0.15) is 16.7 Å². The van der Waals surface area contributed by atoms with Crippen molar-refractivity contribution in [3.63, 3.8) is 0 Å². The van der Waals surface area contributed by atoms with Gasteiger partial charge in [-0.15, -0.1) is 0 Å². The van der Waals surface area contributed by atoms with Gasteiger partial charge in [0.2, 0.25) is 0 Å². The Bertz CT molecular complexity index is 1060. The second-order valence-electron chi connectivity index (χ2n) is 6.25. The van der Waals surface area contributed by atoms with Gasteiger partial charge < -0.3 is 9.47 Å². The lowest BCUT2D eigenvalue weighted by Crippen LogP contribution is -2.11. The molecule has 29 heavy (non-hydrogen) atoms. The Morgan fingerprint density at radius 2 is 1.72 bits per heavy atom. The first-order valence-corrected chi connectivity index (χ1v) is 9.26. The molecule has 0 aliphatic rings. The number of nitrogens with zero attached hydrogens (tertiary/aromatic N) is 1. The van der Waals surface area contributed by atoms with E-state index < -0.39 is 0 Å². The minimum absolute atomic E-state index is 0.166. The second kappa shape index (κ2) is 9.59. The van der Waals surface area contributed by atoms with Crippen molar-refractivity contribution in [2.45, 2.75) is 6.42 Å². The zero-order valence-electron chi connectivity index (χ0n) is 15.8. The Hall–Kier alpha value is -3.55. The molecule has 3 rings (SSSR count). The highest BCUT2D eigenvalue weighted by Crippen LogP contribution is 2.22. The van der Waals surface area contributed by atoms with Crippen LogP contribution in [0.15, 0.2) is 72.8 Å². The average Bonchev–Trinajstić information content (AvgIpc) is 2.73. The van der Waals surface area contributed by atoms with E-state index in [-0.39, 0.29) is 12.4 Å². The van der Waals surface area contributed by atoms with Crippen LogP contribution in [-0.2, 0) is 11.2 Å². The van der Waals surface area contributed by atoms with Crippen LogP contribution >= 0.6 is 11.6 Å². The molecule has 0 aliphatic carbocycles. The number of nitriles is 1. The molecule has 0 bridgehead atoms. The normalized spacial score (nSPS) is 10.9. The van der Waals surface area contributed by atoms with Crippen LogP contribution in [0.4, 0.5) is 0 Å². The number of halogens is 1. The quantitative estimate of drug-likeness (QED) is 0.234. The van der Waals surface area contributed by atoms with Gasteiger partial charge in [0.25, 0.3) is 0 Å². The lowest BCUT2D eigenvalue weighted by atomic mass is 10.0. The van der Waals surface area contributed by atoms with Gasteiger partial charge in [-0.1, -0.05) is 48.0 Å². The molecule has 0 fully saturated rings. The van der Waals surface area contributed by atoms with E-state index in [0.29, 0.717) is 16.3 Å². The van der Waals surface area contributed by atoms with Crippen LogP contribution in [0.25, 0.3) is 11.6 Å². The SMILES string of the molecule is COc1ccc(CC(=O)Oc2ccc(/C=C(/C#N)c3cccc(Cl)c3)cc2)cc1. The van der Waals surface area contributed by atoms with Crippen LogP contribution in [-0.4, -0.2) is 13.1 Å². The summed E-state index contributed by atoms with van der Waals surface area (Å²) in [4.78, 5) is 12.1. The number of carbonyl (C=O) groups is 1. The molecule has 0 N–H and O–H groups in total. The Kier molecular flexibility index (Phi) is 6.67. The lowest BCUT2D eigenvalue weighted by molar-refractivity contribution is -0.133. The minimum atomic E-state index is -0.352. The summed E-state index contributed by atoms with van der Waals surface area (Å²) in [6, 6.07) is 23.5. The van der Waals surface area contributed by atoms with E-state index in [2.05, 4.69) is 6.07 Å². The maximum Gasteiger partial charge on any atom is 0.315 e. The highest BCUT2D eigenvalue weighted by molar-refractivity contribution is 6.30. The van der Waals surface area contributed by atoms with Crippen molar-refractivity contribution in [3.05, 3.63) is 94.5 Å². The van der Waals surface area contributed by atoms with Gasteiger partial charge in [-0.25, -0.2) is 0 Å². The van der Waals surface area contributed by atoms with E-state index in [9.17, 15) is 10.1 Å². The number of esters is 1. The van der Waals surface area contributed by atoms with Crippen molar-refractivity contribution in [2.75, 3.05) is 7.11 Å². The maximum absolute atomic E-state index is 12.1. The molecule has 0 saturated carbocycles. The highest BCUT2D eigenvalue weighted by atomic mass is 35.5. The Morgan fingerprint density at radius 1 is 1.03 bits per heavy atom. The van der Waals surface area contributed by atoms with Crippen molar-refractivity contribution in [1.29, 1.82) is 5.26 Å². The highest BCUT2D eigenvalue weighted by Gasteiger charge is 2.07. The Balaban J connectivity index is 1.66. The van der Waals surface area contributed by atoms with Crippen LogP contribution in [0, 0.1) is 11.3 Å². The first-order valence-electron chi connectivity index (χ1n) is 8.89. The monoisotopic (exact) mass is 403 g/mol. The van der Waals surface area contributed by atoms with E-state index in [1.54, 1.807) is 67.8 Å². The molecule has 0 atom stereocenters. The summed E-state index contributed by atoms with van der Waals surface area (Å²) in [5.41, 5.74) is 2.90. The van der Waals surface area contributed by atoms with Gasteiger partial charge in [0.1, 0.15) is 11.5 Å². The fourth-order valence-electron chi connectivity index (χ4n) is 2.71. The second-order valence-corrected chi connectivity index (χ2v) is 6.68. The van der Waals surface area contributed by atoms with Crippen molar-refractivity contribution >= 4 is 29.2 Å². The van der Waals surface area contributed by atoms with Gasteiger partial charge in [-0.05, 0) is 59.2 Å². The van der Waals surface area contributed by atoms with Crippen molar-refractivity contribution in [3.8, 4) is 17.6 Å². The van der Waals surface area contributed by atoms with Crippen molar-refractivity contribution in [1.82, 2.24) is 0 Å². The summed E-state index contributed by atoms with van der Waals surface area (Å²) in [7, 11) is 1.59. The fourth-order valence-corrected chi connectivity index (χ4v) is 2.90. The number of hydrogen-bond acceptors (Lipinski definition) is 4. The summed E-state index contributed by atoms with van der Waals surface area (Å²) in [6.07, 6.45) is 1.92. The summed E-state index contributed by atoms with van der Waals surface area (Å²) in [5.74, 6) is 0.831. The standard InChI is InChI=1S/C24H18ClNO3/c1-28-22-9-5-18(6-10-22)14-24(27)29-23-11-7-17(8-12-23)13-20(16-26)19-3-2-4-21(25)15-19/h2-13,15H,14H2,1H3/b20-13-. The number of ether oxygens (including phenoxy) is 2. The number of benzene rings is 3. The van der Waals surface area contributed by atoms with Gasteiger partial charge in [-0.3, -0.25) is 4.79 Å². The van der Waals surface area contributed by atoms with Gasteiger partial charge in [-0.2, -0.15) is 5.26 Å². The third-order valence-corrected chi connectivity index (χ3v) is 4.42. The van der Waals surface area contributed by atoms with Gasteiger partial charge >= 0.3 is 5.97 Å². The van der Waals surface area contributed by atoms with Gasteiger partial charge in [0.05, 0.1) is 25.2 Å². The molecule has 0 spiro atoms. The van der Waals surface area contributed by atoms with Gasteiger partial charge in [0.15, 0.2) is 0 Å². The van der Waals surface area contributed by atoms with E-state index in [1.807, 2.05) is 18.2 Å². The topological polar surface area (TPSA) is 59.3 Å². The van der Waals surface area contributed by atoms with Crippen LogP contribution in [0.3, 0.4) is 0 Å². The summed E-state index contributed by atoms with van der Waals surface area (Å²) in [5, 5.41) is 10.0. The number of carbonyl (C=O) groups excluding carboxylic acids is 1. The number of methoxy groups -OCH3 is 1. The number of hydrogen-bond donors (Lipinski definition) is 0. The van der Waals surface area contributed by atoms with Crippen molar-refractivity contribution in [2.24, 2.45) is 0 Å². The summed E-state index contributed by atoms with van der Waals surface area (Å²) >= 11 is 6.00. The Morgan fingerprint density at radius 3 is 2.34 bits per heavy atom. The first-order chi connectivity index (χ1) is 14.1. The zero-order valence-corrected chi connectivity index (χ0v) is 16.5. The van der Waals surface area contributed by atoms with E-state index in [4.69, 9.17) is 21.1 Å². The molecule has 0 aromatic heterocycles. The molecule has 0 unspecified atom stereocenters. The number of rotatable bonds is 6. The van der Waals surface area contributed by atoms with Crippen LogP contribution in [0.2, 0.25) is 5.02 Å². The first kappa shape index (κ1) is 20.2. The lowest BCUT2D eigenvalue weighted by Gasteiger charge is -2.06. The molecular formula is C24H18ClNO3. The minimum Gasteiger partial charge on any atom is -0.497 e. The van der Waals surface area contributed by atoms with Crippen molar-refractivity contribution < 1.29 is 14.3 Å². The Labute approximate surface area is 174 Å². The van der Waals surface area contributed by atoms with Crippen LogP contribution in [0.5, 0.6) is 11.5 Å². The third kappa shape index (κ3) is 5.71. The van der Waals surface area contributed by atoms with Crippen LogP contribution < -0.4 is 9.47 Å². The largest absolute Gasteiger partial charge is 0.497 e. The molecule has 4 nitrogen and oxygen atoms in total. The third-order valence-electron chi connectivity index (χ3n) is 4.19. The summed E-state index contributed by atoms with van der Waals surface area (Å²) < 4.78 is 10.5. The van der Waals surface area contributed by atoms with E-state index in [1.165, 1.54) is 0 Å². The molecule has 0 aliphatic heterocycles. The predicted molar refractivity (Wildman–Crippen MR) is 114 cm³/mol. The van der Waals surface area contributed by atoms with E-state index >= 15 is 0 Å². The van der Waals surface area contributed by atoms with Gasteiger partial charge in [0, 0.05) is 5.02 Å². The molecular weight excluding hydrogens is 386 g/mol. The summed E-state index contributed by atoms with van der Waals surface area (Å²) in [6.45, 7) is 0. The molecule has 5 heteroatoms. The number of allylic oxidation sites excluding steroid dienone is 1. The molecule has 0 saturated heterocycles. The average molecular weight is 404 g/mol. The predicted octanol–water partition coefficient (Wildman–Crippen LogP) is 5.56. The smallest absolute Gasteiger partial charge is 0.315 e. The zero-order chi connectivity index (χ0) is 20.6. The fraction of sp³-hybridized carbons (Fsp3) is 0.0833. The van der Waals surface area contributed by atoms with E-state index in [0.717, 1.165) is 22.4 Å². The molecule has 3 aromatic carbocycles. The maximum atomic E-state index is 12.1. The molecule has 144 valence electrons.